The predicted octanol–water partition coefficient (Wildman–Crippen LogP) is 3.33. The van der Waals surface area contributed by atoms with Gasteiger partial charge in [0, 0.05) is 11.8 Å². The van der Waals surface area contributed by atoms with Gasteiger partial charge in [-0.25, -0.2) is 0 Å². The Morgan fingerprint density at radius 1 is 1.33 bits per heavy atom. The zero-order chi connectivity index (χ0) is 13.0. The molecule has 0 heterocycles. The van der Waals surface area contributed by atoms with Crippen molar-refractivity contribution in [3.8, 4) is 17.6 Å². The summed E-state index contributed by atoms with van der Waals surface area (Å²) in [6.45, 7) is 2.73. The van der Waals surface area contributed by atoms with E-state index in [9.17, 15) is 0 Å². The summed E-state index contributed by atoms with van der Waals surface area (Å²) in [5.74, 6) is 1.56. The van der Waals surface area contributed by atoms with E-state index in [4.69, 9.17) is 14.7 Å². The molecule has 3 nitrogen and oxygen atoms in total. The lowest BCUT2D eigenvalue weighted by molar-refractivity contribution is 0.227. The first-order valence-corrected chi connectivity index (χ1v) is 6.40. The fourth-order valence-electron chi connectivity index (χ4n) is 2.00. The topological polar surface area (TPSA) is 42.2 Å². The van der Waals surface area contributed by atoms with Crippen molar-refractivity contribution in [3.05, 3.63) is 23.8 Å². The molecule has 0 N–H and O–H groups in total. The molecule has 0 spiro atoms. The second-order valence-corrected chi connectivity index (χ2v) is 4.96. The lowest BCUT2D eigenvalue weighted by Gasteiger charge is -2.15. The molecule has 0 aromatic heterocycles. The number of benzene rings is 1. The molecule has 1 aromatic carbocycles. The molecule has 96 valence electrons. The lowest BCUT2D eigenvalue weighted by atomic mass is 10.1. The van der Waals surface area contributed by atoms with Gasteiger partial charge >= 0.3 is 0 Å². The van der Waals surface area contributed by atoms with Crippen molar-refractivity contribution in [1.29, 1.82) is 5.26 Å². The van der Waals surface area contributed by atoms with Crippen LogP contribution in [0.5, 0.6) is 11.5 Å². The molecule has 1 fully saturated rings. The van der Waals surface area contributed by atoms with Gasteiger partial charge in [0.2, 0.25) is 0 Å². The minimum Gasteiger partial charge on any atom is -0.493 e. The second-order valence-electron chi connectivity index (χ2n) is 4.96. The number of hydrogen-bond acceptors (Lipinski definition) is 3. The maximum Gasteiger partial charge on any atom is 0.161 e. The second kappa shape index (κ2) is 5.30. The minimum absolute atomic E-state index is 0.100. The molecule has 0 saturated heterocycles. The molecule has 1 aromatic rings. The van der Waals surface area contributed by atoms with Crippen LogP contribution in [0.1, 0.15) is 31.7 Å². The summed E-state index contributed by atoms with van der Waals surface area (Å²) in [6.07, 6.45) is 3.75. The molecule has 1 aliphatic rings. The van der Waals surface area contributed by atoms with Gasteiger partial charge in [-0.1, -0.05) is 13.0 Å². The normalized spacial score (nSPS) is 15.8. The first-order valence-electron chi connectivity index (χ1n) is 6.40. The number of hydrogen-bond donors (Lipinski definition) is 0. The van der Waals surface area contributed by atoms with Crippen LogP contribution in [0.3, 0.4) is 0 Å². The highest BCUT2D eigenvalue weighted by atomic mass is 16.5. The summed E-state index contributed by atoms with van der Waals surface area (Å²) < 4.78 is 11.2. The van der Waals surface area contributed by atoms with Crippen LogP contribution in [0.4, 0.5) is 0 Å². The Morgan fingerprint density at radius 3 is 2.67 bits per heavy atom. The van der Waals surface area contributed by atoms with Crippen LogP contribution in [0.25, 0.3) is 0 Å². The Balaban J connectivity index is 2.03. The van der Waals surface area contributed by atoms with Crippen LogP contribution in [-0.4, -0.2) is 13.7 Å². The summed E-state index contributed by atoms with van der Waals surface area (Å²) in [5, 5.41) is 8.78. The molecule has 0 unspecified atom stereocenters. The van der Waals surface area contributed by atoms with Gasteiger partial charge in [-0.05, 0) is 37.0 Å². The molecule has 0 bridgehead atoms. The summed E-state index contributed by atoms with van der Waals surface area (Å²) in [4.78, 5) is 0. The van der Waals surface area contributed by atoms with Gasteiger partial charge < -0.3 is 9.47 Å². The first kappa shape index (κ1) is 12.8. The van der Waals surface area contributed by atoms with Gasteiger partial charge in [0.15, 0.2) is 11.5 Å². The molecule has 3 heteroatoms. The maximum absolute atomic E-state index is 8.78. The van der Waals surface area contributed by atoms with E-state index < -0.39 is 0 Å². The molecule has 0 radical (unpaired) electrons. The molecule has 0 atom stereocenters. The number of nitrogens with zero attached hydrogens (tertiary/aromatic N) is 1. The monoisotopic (exact) mass is 245 g/mol. The van der Waals surface area contributed by atoms with Crippen LogP contribution in [0.2, 0.25) is 0 Å². The standard InChI is InChI=1S/C15H19NO2/c1-3-12-4-5-13(14(10-12)17-2)18-11-15(6-7-15)8-9-16/h4-5,10H,3,6-8,11H2,1-2H3. The highest BCUT2D eigenvalue weighted by molar-refractivity contribution is 5.43. The number of ether oxygens (including phenoxy) is 2. The molecule has 0 amide bonds. The minimum atomic E-state index is 0.100. The van der Waals surface area contributed by atoms with Crippen molar-refractivity contribution in [2.24, 2.45) is 5.41 Å². The zero-order valence-corrected chi connectivity index (χ0v) is 11.0. The highest BCUT2D eigenvalue weighted by Gasteiger charge is 2.43. The van der Waals surface area contributed by atoms with E-state index in [-0.39, 0.29) is 5.41 Å². The Kier molecular flexibility index (Phi) is 3.76. The van der Waals surface area contributed by atoms with Gasteiger partial charge in [-0.15, -0.1) is 0 Å². The average molecular weight is 245 g/mol. The van der Waals surface area contributed by atoms with E-state index in [1.54, 1.807) is 7.11 Å². The van der Waals surface area contributed by atoms with Crippen molar-refractivity contribution in [2.45, 2.75) is 32.6 Å². The largest absolute Gasteiger partial charge is 0.493 e. The van der Waals surface area contributed by atoms with E-state index in [1.807, 2.05) is 12.1 Å². The highest BCUT2D eigenvalue weighted by Crippen LogP contribution is 2.49. The maximum atomic E-state index is 8.78. The van der Waals surface area contributed by atoms with Crippen molar-refractivity contribution in [2.75, 3.05) is 13.7 Å². The van der Waals surface area contributed by atoms with Crippen LogP contribution >= 0.6 is 0 Å². The Bertz CT molecular complexity index is 458. The first-order chi connectivity index (χ1) is 8.73. The molecule has 1 saturated carbocycles. The molecule has 18 heavy (non-hydrogen) atoms. The smallest absolute Gasteiger partial charge is 0.161 e. The van der Waals surface area contributed by atoms with Crippen molar-refractivity contribution < 1.29 is 9.47 Å². The predicted molar refractivity (Wildman–Crippen MR) is 69.8 cm³/mol. The summed E-state index contributed by atoms with van der Waals surface area (Å²) in [6, 6.07) is 8.27. The molecule has 0 aliphatic heterocycles. The summed E-state index contributed by atoms with van der Waals surface area (Å²) in [7, 11) is 1.66. The van der Waals surface area contributed by atoms with Crippen LogP contribution in [-0.2, 0) is 6.42 Å². The SMILES string of the molecule is CCc1ccc(OCC2(CC#N)CC2)c(OC)c1. The summed E-state index contributed by atoms with van der Waals surface area (Å²) in [5.41, 5.74) is 1.33. The number of nitriles is 1. The van der Waals surface area contributed by atoms with Gasteiger partial charge in [0.05, 0.1) is 19.8 Å². The van der Waals surface area contributed by atoms with Gasteiger partial charge in [-0.2, -0.15) is 5.26 Å². The van der Waals surface area contributed by atoms with Gasteiger partial charge in [0.1, 0.15) is 0 Å². The van der Waals surface area contributed by atoms with Crippen molar-refractivity contribution >= 4 is 0 Å². The quantitative estimate of drug-likeness (QED) is 0.772. The van der Waals surface area contributed by atoms with Gasteiger partial charge in [0.25, 0.3) is 0 Å². The molecular formula is C15H19NO2. The van der Waals surface area contributed by atoms with E-state index >= 15 is 0 Å². The number of rotatable bonds is 6. The van der Waals surface area contributed by atoms with Crippen LogP contribution in [0.15, 0.2) is 18.2 Å². The Hall–Kier alpha value is -1.69. The van der Waals surface area contributed by atoms with E-state index in [2.05, 4.69) is 19.1 Å². The Labute approximate surface area is 108 Å². The third kappa shape index (κ3) is 2.76. The third-order valence-electron chi connectivity index (χ3n) is 3.58. The fourth-order valence-corrected chi connectivity index (χ4v) is 2.00. The molecule has 2 rings (SSSR count). The number of methoxy groups -OCH3 is 1. The van der Waals surface area contributed by atoms with E-state index in [0.717, 1.165) is 30.8 Å². The van der Waals surface area contributed by atoms with E-state index in [0.29, 0.717) is 13.0 Å². The summed E-state index contributed by atoms with van der Waals surface area (Å²) >= 11 is 0. The van der Waals surface area contributed by atoms with E-state index in [1.165, 1.54) is 5.56 Å². The molecular weight excluding hydrogens is 226 g/mol. The van der Waals surface area contributed by atoms with Crippen molar-refractivity contribution in [1.82, 2.24) is 0 Å². The van der Waals surface area contributed by atoms with Crippen LogP contribution < -0.4 is 9.47 Å². The molecule has 1 aliphatic carbocycles. The lowest BCUT2D eigenvalue weighted by Crippen LogP contribution is -2.12. The Morgan fingerprint density at radius 2 is 2.11 bits per heavy atom. The number of aryl methyl sites for hydroxylation is 1. The van der Waals surface area contributed by atoms with Crippen LogP contribution in [0, 0.1) is 16.7 Å². The fraction of sp³-hybridized carbons (Fsp3) is 0.533. The van der Waals surface area contributed by atoms with Gasteiger partial charge in [-0.3, -0.25) is 0 Å². The third-order valence-corrected chi connectivity index (χ3v) is 3.58. The van der Waals surface area contributed by atoms with Crippen molar-refractivity contribution in [3.63, 3.8) is 0 Å². The zero-order valence-electron chi connectivity index (χ0n) is 11.0. The average Bonchev–Trinajstić information content (AvgIpc) is 3.17.